The van der Waals surface area contributed by atoms with Crippen LogP contribution in [0.4, 0.5) is 13.2 Å². The number of nitrogens with zero attached hydrogens (tertiary/aromatic N) is 2. The Labute approximate surface area is 194 Å². The van der Waals surface area contributed by atoms with E-state index in [1.807, 2.05) is 0 Å². The van der Waals surface area contributed by atoms with Crippen LogP contribution in [0.5, 0.6) is 5.75 Å². The van der Waals surface area contributed by atoms with Crippen molar-refractivity contribution in [3.05, 3.63) is 65.2 Å². The fourth-order valence-electron chi connectivity index (χ4n) is 4.45. The number of hydrogen-bond donors (Lipinski definition) is 0. The molecule has 0 unspecified atom stereocenters. The molecule has 0 heterocycles. The van der Waals surface area contributed by atoms with E-state index in [9.17, 15) is 13.2 Å². The SMILES string of the molecule is CCCCCCC1CCC(c2ccc(/C=N/N=C/c3ccc(OC(F)(F)F)cc3)cc2)CC1. The highest BCUT2D eigenvalue weighted by atomic mass is 19.4. The summed E-state index contributed by atoms with van der Waals surface area (Å²) in [5.74, 6) is 1.31. The van der Waals surface area contributed by atoms with Crippen molar-refractivity contribution >= 4 is 12.4 Å². The van der Waals surface area contributed by atoms with Crippen molar-refractivity contribution in [1.82, 2.24) is 0 Å². The predicted molar refractivity (Wildman–Crippen MR) is 128 cm³/mol. The Morgan fingerprint density at radius 1 is 0.818 bits per heavy atom. The van der Waals surface area contributed by atoms with Crippen LogP contribution in [0.1, 0.15) is 87.3 Å². The molecule has 3 nitrogen and oxygen atoms in total. The number of alkyl halides is 3. The second-order valence-corrected chi connectivity index (χ2v) is 8.84. The lowest BCUT2D eigenvalue weighted by molar-refractivity contribution is -0.274. The molecule has 0 saturated heterocycles. The van der Waals surface area contributed by atoms with Crippen LogP contribution in [0.15, 0.2) is 58.7 Å². The van der Waals surface area contributed by atoms with Gasteiger partial charge in [-0.1, -0.05) is 63.3 Å². The van der Waals surface area contributed by atoms with Gasteiger partial charge >= 0.3 is 6.36 Å². The fourth-order valence-corrected chi connectivity index (χ4v) is 4.45. The first-order valence-corrected chi connectivity index (χ1v) is 11.9. The van der Waals surface area contributed by atoms with Crippen LogP contribution in [0.2, 0.25) is 0 Å². The summed E-state index contributed by atoms with van der Waals surface area (Å²) >= 11 is 0. The zero-order valence-electron chi connectivity index (χ0n) is 19.2. The van der Waals surface area contributed by atoms with Gasteiger partial charge in [-0.3, -0.25) is 0 Å². The predicted octanol–water partition coefficient (Wildman–Crippen LogP) is 8.28. The van der Waals surface area contributed by atoms with Gasteiger partial charge in [0.1, 0.15) is 5.75 Å². The number of unbranched alkanes of at least 4 members (excludes halogenated alkanes) is 3. The molecule has 2 aromatic rings. The molecule has 0 amide bonds. The largest absolute Gasteiger partial charge is 0.573 e. The lowest BCUT2D eigenvalue weighted by Gasteiger charge is -2.29. The number of benzene rings is 2. The minimum atomic E-state index is -4.69. The average Bonchev–Trinajstić information content (AvgIpc) is 2.81. The summed E-state index contributed by atoms with van der Waals surface area (Å²) < 4.78 is 40.4. The molecule has 1 saturated carbocycles. The van der Waals surface area contributed by atoms with Crippen molar-refractivity contribution in [2.45, 2.75) is 77.0 Å². The first-order chi connectivity index (χ1) is 15.9. The number of halogens is 3. The molecule has 0 radical (unpaired) electrons. The van der Waals surface area contributed by atoms with E-state index >= 15 is 0 Å². The van der Waals surface area contributed by atoms with E-state index in [1.54, 1.807) is 6.21 Å². The number of ether oxygens (including phenoxy) is 1. The lowest BCUT2D eigenvalue weighted by Crippen LogP contribution is -2.16. The van der Waals surface area contributed by atoms with Crippen molar-refractivity contribution in [1.29, 1.82) is 0 Å². The van der Waals surface area contributed by atoms with Crippen LogP contribution in [-0.4, -0.2) is 18.8 Å². The quantitative estimate of drug-likeness (QED) is 0.200. The van der Waals surface area contributed by atoms with Gasteiger partial charge in [-0.05, 0) is 78.5 Å². The molecule has 0 atom stereocenters. The van der Waals surface area contributed by atoms with Gasteiger partial charge in [-0.15, -0.1) is 13.2 Å². The van der Waals surface area contributed by atoms with Crippen molar-refractivity contribution < 1.29 is 17.9 Å². The summed E-state index contributed by atoms with van der Waals surface area (Å²) in [6.45, 7) is 2.26. The van der Waals surface area contributed by atoms with Gasteiger partial charge in [0.2, 0.25) is 0 Å². The number of hydrogen-bond acceptors (Lipinski definition) is 3. The third-order valence-electron chi connectivity index (χ3n) is 6.31. The summed E-state index contributed by atoms with van der Waals surface area (Å²) in [6, 6.07) is 14.0. The normalized spacial score (nSPS) is 19.4. The maximum Gasteiger partial charge on any atom is 0.573 e. The summed E-state index contributed by atoms with van der Waals surface area (Å²) in [7, 11) is 0. The highest BCUT2D eigenvalue weighted by molar-refractivity contribution is 5.82. The standard InChI is InChI=1S/C27H33F3N2O/c1-2-3-4-5-6-21-7-13-24(14-8-21)25-15-9-22(10-16-25)19-31-32-20-23-11-17-26(18-12-23)33-27(28,29)30/h9-12,15-21,24H,2-8,13-14H2,1H3/b31-19+,32-20+. The summed E-state index contributed by atoms with van der Waals surface area (Å²) in [4.78, 5) is 0. The number of rotatable bonds is 10. The molecule has 6 heteroatoms. The van der Waals surface area contributed by atoms with Gasteiger partial charge in [-0.2, -0.15) is 10.2 Å². The third-order valence-corrected chi connectivity index (χ3v) is 6.31. The smallest absolute Gasteiger partial charge is 0.406 e. The Morgan fingerprint density at radius 3 is 1.94 bits per heavy atom. The molecule has 3 rings (SSSR count). The highest BCUT2D eigenvalue weighted by Gasteiger charge is 2.30. The molecule has 178 valence electrons. The molecule has 1 aliphatic rings. The van der Waals surface area contributed by atoms with Crippen molar-refractivity contribution in [3.63, 3.8) is 0 Å². The lowest BCUT2D eigenvalue weighted by atomic mass is 9.77. The van der Waals surface area contributed by atoms with Crippen LogP contribution < -0.4 is 4.74 Å². The molecule has 1 aliphatic carbocycles. The Hall–Kier alpha value is -2.63. The molecule has 0 spiro atoms. The molecule has 0 aliphatic heterocycles. The Morgan fingerprint density at radius 2 is 1.39 bits per heavy atom. The van der Waals surface area contributed by atoms with Crippen molar-refractivity contribution in [2.75, 3.05) is 0 Å². The second kappa shape index (κ2) is 12.6. The minimum absolute atomic E-state index is 0.260. The molecule has 33 heavy (non-hydrogen) atoms. The van der Waals surface area contributed by atoms with E-state index in [1.165, 1.54) is 93.8 Å². The molecule has 2 aromatic carbocycles. The summed E-state index contributed by atoms with van der Waals surface area (Å²) in [5, 5.41) is 8.02. The first kappa shape index (κ1) is 25.0. The fraction of sp³-hybridized carbons (Fsp3) is 0.481. The monoisotopic (exact) mass is 458 g/mol. The zero-order chi connectivity index (χ0) is 23.5. The van der Waals surface area contributed by atoms with E-state index in [2.05, 4.69) is 46.1 Å². The van der Waals surface area contributed by atoms with Crippen molar-refractivity contribution in [3.8, 4) is 5.75 Å². The van der Waals surface area contributed by atoms with Crippen LogP contribution in [-0.2, 0) is 0 Å². The van der Waals surface area contributed by atoms with Gasteiger partial charge in [-0.25, -0.2) is 0 Å². The summed E-state index contributed by atoms with van der Waals surface area (Å²) in [6.07, 6.45) is 10.6. The Kier molecular flexibility index (Phi) is 9.52. The third kappa shape index (κ3) is 9.03. The van der Waals surface area contributed by atoms with Gasteiger partial charge in [0.15, 0.2) is 0 Å². The minimum Gasteiger partial charge on any atom is -0.406 e. The molecular formula is C27H33F3N2O. The van der Waals surface area contributed by atoms with Gasteiger partial charge in [0.05, 0.1) is 12.4 Å². The van der Waals surface area contributed by atoms with Gasteiger partial charge in [0.25, 0.3) is 0 Å². The Balaban J connectivity index is 1.43. The molecule has 1 fully saturated rings. The topological polar surface area (TPSA) is 34.0 Å². The maximum atomic E-state index is 12.2. The summed E-state index contributed by atoms with van der Waals surface area (Å²) in [5.41, 5.74) is 3.01. The molecule has 0 N–H and O–H groups in total. The van der Waals surface area contributed by atoms with Gasteiger partial charge < -0.3 is 4.74 Å². The van der Waals surface area contributed by atoms with E-state index in [-0.39, 0.29) is 5.75 Å². The second-order valence-electron chi connectivity index (χ2n) is 8.84. The van der Waals surface area contributed by atoms with E-state index < -0.39 is 6.36 Å². The first-order valence-electron chi connectivity index (χ1n) is 11.9. The molecule has 0 bridgehead atoms. The van der Waals surface area contributed by atoms with E-state index in [4.69, 9.17) is 0 Å². The molecular weight excluding hydrogens is 425 g/mol. The Bertz CT molecular complexity index is 881. The van der Waals surface area contributed by atoms with Gasteiger partial charge in [0, 0.05) is 0 Å². The van der Waals surface area contributed by atoms with Crippen molar-refractivity contribution in [2.24, 2.45) is 16.1 Å². The average molecular weight is 459 g/mol. The van der Waals surface area contributed by atoms with E-state index in [0.29, 0.717) is 11.5 Å². The van der Waals surface area contributed by atoms with Crippen LogP contribution in [0, 0.1) is 5.92 Å². The zero-order valence-corrected chi connectivity index (χ0v) is 19.2. The highest BCUT2D eigenvalue weighted by Crippen LogP contribution is 2.37. The van der Waals surface area contributed by atoms with Crippen LogP contribution in [0.25, 0.3) is 0 Å². The molecule has 0 aromatic heterocycles. The van der Waals surface area contributed by atoms with Crippen LogP contribution in [0.3, 0.4) is 0 Å². The maximum absolute atomic E-state index is 12.2. The van der Waals surface area contributed by atoms with E-state index in [0.717, 1.165) is 11.5 Å². The van der Waals surface area contributed by atoms with Crippen LogP contribution >= 0.6 is 0 Å².